The molecule has 0 bridgehead atoms. The lowest BCUT2D eigenvalue weighted by Crippen LogP contribution is -2.43. The summed E-state index contributed by atoms with van der Waals surface area (Å²) >= 11 is 0. The Kier molecular flexibility index (Phi) is 2.85. The van der Waals surface area contributed by atoms with Gasteiger partial charge in [0.1, 0.15) is 6.04 Å². The summed E-state index contributed by atoms with van der Waals surface area (Å²) in [5, 5.41) is 13.1. The Labute approximate surface area is 76.1 Å². The van der Waals surface area contributed by atoms with Gasteiger partial charge in [0.25, 0.3) is 0 Å². The monoisotopic (exact) mass is 181 g/mol. The molecule has 5 nitrogen and oxygen atoms in total. The zero-order chi connectivity index (χ0) is 9.84. The molecule has 0 radical (unpaired) electrons. The van der Waals surface area contributed by atoms with Crippen LogP contribution in [0.2, 0.25) is 0 Å². The second-order valence-electron chi connectivity index (χ2n) is 3.07. The maximum atomic E-state index is 11.0. The molecule has 5 heteroatoms. The first-order valence-corrected chi connectivity index (χ1v) is 4.14. The predicted molar refractivity (Wildman–Crippen MR) is 44.4 cm³/mol. The number of amides is 2. The lowest BCUT2D eigenvalue weighted by atomic mass is 10.3. The van der Waals surface area contributed by atoms with Crippen LogP contribution in [0.1, 0.15) is 19.8 Å². The number of hydrogen-bond donors (Lipinski definition) is 2. The van der Waals surface area contributed by atoms with E-state index in [0.717, 1.165) is 12.8 Å². The molecule has 1 aliphatic rings. The predicted octanol–water partition coefficient (Wildman–Crippen LogP) is -0.707. The molecular weight excluding hydrogens is 170 g/mol. The second kappa shape index (κ2) is 3.90. The van der Waals surface area contributed by atoms with E-state index in [0.29, 0.717) is 0 Å². The number of hydrogen-bond acceptors (Lipinski definition) is 3. The Morgan fingerprint density at radius 2 is 2.08 bits per heavy atom. The topological polar surface area (TPSA) is 82.0 Å². The third kappa shape index (κ3) is 3.11. The molecule has 0 unspecified atom stereocenters. The molecule has 13 heavy (non-hydrogen) atoms. The summed E-state index contributed by atoms with van der Waals surface area (Å²) < 4.78 is 0. The highest BCUT2D eigenvalue weighted by molar-refractivity contribution is 6.35. The summed E-state index contributed by atoms with van der Waals surface area (Å²) in [6, 6.07) is 1.34. The van der Waals surface area contributed by atoms with Gasteiger partial charge in [-0.15, -0.1) is 0 Å². The van der Waals surface area contributed by atoms with Gasteiger partial charge in [0.05, 0.1) is 6.07 Å². The van der Waals surface area contributed by atoms with Gasteiger partial charge in [-0.1, -0.05) is 0 Å². The number of carbonyl (C=O) groups is 2. The van der Waals surface area contributed by atoms with E-state index in [4.69, 9.17) is 5.26 Å². The first-order chi connectivity index (χ1) is 6.13. The number of rotatable bonds is 2. The third-order valence-electron chi connectivity index (χ3n) is 1.66. The highest BCUT2D eigenvalue weighted by Crippen LogP contribution is 2.18. The Morgan fingerprint density at radius 3 is 2.54 bits per heavy atom. The molecule has 2 N–H and O–H groups in total. The average Bonchev–Trinajstić information content (AvgIpc) is 2.87. The van der Waals surface area contributed by atoms with Crippen LogP contribution in [0.4, 0.5) is 0 Å². The maximum Gasteiger partial charge on any atom is 0.310 e. The van der Waals surface area contributed by atoms with E-state index in [1.807, 2.05) is 6.07 Å². The average molecular weight is 181 g/mol. The van der Waals surface area contributed by atoms with Gasteiger partial charge in [-0.25, -0.2) is 0 Å². The third-order valence-corrected chi connectivity index (χ3v) is 1.66. The van der Waals surface area contributed by atoms with Crippen LogP contribution in [0.25, 0.3) is 0 Å². The minimum Gasteiger partial charge on any atom is -0.345 e. The van der Waals surface area contributed by atoms with Crippen LogP contribution in [0.5, 0.6) is 0 Å². The molecule has 0 aromatic heterocycles. The Bertz CT molecular complexity index is 265. The van der Waals surface area contributed by atoms with Crippen molar-refractivity contribution in [3.63, 3.8) is 0 Å². The van der Waals surface area contributed by atoms with E-state index < -0.39 is 17.9 Å². The van der Waals surface area contributed by atoms with Gasteiger partial charge in [-0.2, -0.15) is 5.26 Å². The molecule has 0 aromatic carbocycles. The first kappa shape index (κ1) is 9.52. The van der Waals surface area contributed by atoms with E-state index >= 15 is 0 Å². The highest BCUT2D eigenvalue weighted by Gasteiger charge is 2.26. The molecule has 2 amide bonds. The van der Waals surface area contributed by atoms with Crippen molar-refractivity contribution in [1.82, 2.24) is 10.6 Å². The van der Waals surface area contributed by atoms with Crippen molar-refractivity contribution >= 4 is 11.8 Å². The molecule has 1 saturated carbocycles. The molecule has 1 atom stereocenters. The molecular formula is C8H11N3O2. The first-order valence-electron chi connectivity index (χ1n) is 4.14. The van der Waals surface area contributed by atoms with Gasteiger partial charge in [0.15, 0.2) is 0 Å². The zero-order valence-electron chi connectivity index (χ0n) is 7.33. The van der Waals surface area contributed by atoms with E-state index in [1.54, 1.807) is 0 Å². The molecule has 1 rings (SSSR count). The van der Waals surface area contributed by atoms with E-state index in [9.17, 15) is 9.59 Å². The number of nitrogens with zero attached hydrogens (tertiary/aromatic N) is 1. The maximum absolute atomic E-state index is 11.0. The number of nitriles is 1. The SMILES string of the molecule is C[C@@H](C#N)NC(=O)C(=O)NC1CC1. The Balaban J connectivity index is 2.29. The summed E-state index contributed by atoms with van der Waals surface area (Å²) in [6.45, 7) is 1.52. The van der Waals surface area contributed by atoms with Crippen LogP contribution < -0.4 is 10.6 Å². The van der Waals surface area contributed by atoms with Crippen molar-refractivity contribution in [3.05, 3.63) is 0 Å². The smallest absolute Gasteiger partial charge is 0.310 e. The van der Waals surface area contributed by atoms with E-state index in [2.05, 4.69) is 10.6 Å². The van der Waals surface area contributed by atoms with Crippen molar-refractivity contribution < 1.29 is 9.59 Å². The van der Waals surface area contributed by atoms with Gasteiger partial charge < -0.3 is 10.6 Å². The van der Waals surface area contributed by atoms with Crippen LogP contribution in [-0.4, -0.2) is 23.9 Å². The minimum atomic E-state index is -0.735. The van der Waals surface area contributed by atoms with Crippen molar-refractivity contribution in [2.75, 3.05) is 0 Å². The fourth-order valence-corrected chi connectivity index (χ4v) is 0.773. The van der Waals surface area contributed by atoms with Crippen LogP contribution in [0, 0.1) is 11.3 Å². The van der Waals surface area contributed by atoms with Gasteiger partial charge in [-0.05, 0) is 19.8 Å². The summed E-state index contributed by atoms with van der Waals surface area (Å²) in [5.41, 5.74) is 0. The molecule has 0 heterocycles. The Morgan fingerprint density at radius 1 is 1.46 bits per heavy atom. The molecule has 0 saturated heterocycles. The zero-order valence-corrected chi connectivity index (χ0v) is 7.33. The second-order valence-corrected chi connectivity index (χ2v) is 3.07. The molecule has 0 aliphatic heterocycles. The molecule has 0 spiro atoms. The van der Waals surface area contributed by atoms with Crippen molar-refractivity contribution in [3.8, 4) is 6.07 Å². The summed E-state index contributed by atoms with van der Waals surface area (Å²) in [5.74, 6) is -1.38. The quantitative estimate of drug-likeness (QED) is 0.552. The number of nitrogens with one attached hydrogen (secondary N) is 2. The van der Waals surface area contributed by atoms with Crippen LogP contribution in [-0.2, 0) is 9.59 Å². The minimum absolute atomic E-state index is 0.163. The standard InChI is InChI=1S/C8H11N3O2/c1-5(4-9)10-7(12)8(13)11-6-2-3-6/h5-6H,2-3H2,1H3,(H,10,12)(H,11,13)/t5-/m0/s1. The van der Waals surface area contributed by atoms with Gasteiger partial charge in [0.2, 0.25) is 0 Å². The number of carbonyl (C=O) groups excluding carboxylic acids is 2. The van der Waals surface area contributed by atoms with Gasteiger partial charge >= 0.3 is 11.8 Å². The molecule has 0 aromatic rings. The Hall–Kier alpha value is -1.57. The normalized spacial score (nSPS) is 16.9. The van der Waals surface area contributed by atoms with Crippen LogP contribution in [0.3, 0.4) is 0 Å². The van der Waals surface area contributed by atoms with Gasteiger partial charge in [-0.3, -0.25) is 9.59 Å². The van der Waals surface area contributed by atoms with Crippen molar-refractivity contribution in [1.29, 1.82) is 5.26 Å². The van der Waals surface area contributed by atoms with Crippen molar-refractivity contribution in [2.24, 2.45) is 0 Å². The fourth-order valence-electron chi connectivity index (χ4n) is 0.773. The summed E-state index contributed by atoms with van der Waals surface area (Å²) in [7, 11) is 0. The molecule has 1 fully saturated rings. The summed E-state index contributed by atoms with van der Waals surface area (Å²) in [4.78, 5) is 22.0. The van der Waals surface area contributed by atoms with Crippen LogP contribution in [0.15, 0.2) is 0 Å². The highest BCUT2D eigenvalue weighted by atomic mass is 16.2. The van der Waals surface area contributed by atoms with Crippen LogP contribution >= 0.6 is 0 Å². The molecule has 1 aliphatic carbocycles. The van der Waals surface area contributed by atoms with Gasteiger partial charge in [0, 0.05) is 6.04 Å². The van der Waals surface area contributed by atoms with E-state index in [1.165, 1.54) is 6.92 Å². The largest absolute Gasteiger partial charge is 0.345 e. The van der Waals surface area contributed by atoms with Crippen molar-refractivity contribution in [2.45, 2.75) is 31.8 Å². The fraction of sp³-hybridized carbons (Fsp3) is 0.625. The molecule has 70 valence electrons. The summed E-state index contributed by atoms with van der Waals surface area (Å²) in [6.07, 6.45) is 1.87. The lowest BCUT2D eigenvalue weighted by Gasteiger charge is -2.05. The lowest BCUT2D eigenvalue weighted by molar-refractivity contribution is -0.139. The van der Waals surface area contributed by atoms with E-state index in [-0.39, 0.29) is 6.04 Å².